The van der Waals surface area contributed by atoms with Crippen LogP contribution in [0.3, 0.4) is 0 Å². The Balaban J connectivity index is 1.32. The fourth-order valence-electron chi connectivity index (χ4n) is 3.88. The van der Waals surface area contributed by atoms with Gasteiger partial charge in [-0.1, -0.05) is 23.4 Å². The Hall–Kier alpha value is -2.38. The minimum Gasteiger partial charge on any atom is -0.481 e. The summed E-state index contributed by atoms with van der Waals surface area (Å²) in [5, 5.41) is 17.6. The highest BCUT2D eigenvalue weighted by Gasteiger charge is 2.28. The molecule has 10 nitrogen and oxygen atoms in total. The molecule has 34 heavy (non-hydrogen) atoms. The highest BCUT2D eigenvalue weighted by atomic mass is 35.5. The van der Waals surface area contributed by atoms with Gasteiger partial charge in [0.1, 0.15) is 11.5 Å². The van der Waals surface area contributed by atoms with Crippen molar-refractivity contribution in [3.63, 3.8) is 0 Å². The zero-order valence-electron chi connectivity index (χ0n) is 18.5. The molecule has 4 rings (SSSR count). The summed E-state index contributed by atoms with van der Waals surface area (Å²) in [4.78, 5) is 38.5. The quantitative estimate of drug-likeness (QED) is 0.405. The second-order valence-electron chi connectivity index (χ2n) is 7.98. The van der Waals surface area contributed by atoms with Gasteiger partial charge in [0.25, 0.3) is 5.91 Å². The van der Waals surface area contributed by atoms with E-state index in [1.54, 1.807) is 6.20 Å². The predicted octanol–water partition coefficient (Wildman–Crippen LogP) is 1.85. The molecule has 2 aliphatic heterocycles. The summed E-state index contributed by atoms with van der Waals surface area (Å²) in [6, 6.07) is 2.06. The zero-order valence-corrected chi connectivity index (χ0v) is 20.9. The first-order chi connectivity index (χ1) is 16.3. The third-order valence-electron chi connectivity index (χ3n) is 5.65. The molecule has 1 fully saturated rings. The lowest BCUT2D eigenvalue weighted by atomic mass is 10.2. The number of thioether (sulfide) groups is 1. The van der Waals surface area contributed by atoms with E-state index in [2.05, 4.69) is 37.3 Å². The van der Waals surface area contributed by atoms with E-state index in [-0.39, 0.29) is 29.6 Å². The highest BCUT2D eigenvalue weighted by molar-refractivity contribution is 8.04. The second kappa shape index (κ2) is 10.9. The first-order valence-electron chi connectivity index (χ1n) is 10.8. The largest absolute Gasteiger partial charge is 0.481 e. The fraction of sp³-hybridized carbons (Fsp3) is 0.429. The van der Waals surface area contributed by atoms with Gasteiger partial charge in [0.05, 0.1) is 34.4 Å². The number of carbonyl (C=O) groups is 2. The van der Waals surface area contributed by atoms with Gasteiger partial charge in [-0.2, -0.15) is 0 Å². The van der Waals surface area contributed by atoms with Gasteiger partial charge in [0.15, 0.2) is 5.50 Å². The standard InChI is InChI=1S/C21H26ClN7O3S2/c1-12-10-29(5-4-28(12)3-2-18(30)31)17-9-24-14(8-25-17)20(32)27-21-26-19(16(7-23)34-21)15-6-13(22)11-33-15/h6,8-9,11-12,21,26H,2-5,7,10,23H2,1H3,(H,27,32)(H,30,31)/t12-,21?/m1/s1. The summed E-state index contributed by atoms with van der Waals surface area (Å²) in [7, 11) is 0. The van der Waals surface area contributed by atoms with Crippen molar-refractivity contribution in [2.24, 2.45) is 5.73 Å². The average Bonchev–Trinajstić information content (AvgIpc) is 3.43. The first-order valence-corrected chi connectivity index (χ1v) is 12.9. The van der Waals surface area contributed by atoms with Gasteiger partial charge in [0.2, 0.25) is 0 Å². The van der Waals surface area contributed by atoms with Crippen LogP contribution in [0, 0.1) is 0 Å². The number of nitrogens with two attached hydrogens (primary N) is 1. The molecule has 13 heteroatoms. The Morgan fingerprint density at radius 3 is 2.79 bits per heavy atom. The maximum absolute atomic E-state index is 12.7. The van der Waals surface area contributed by atoms with E-state index in [1.165, 1.54) is 29.3 Å². The van der Waals surface area contributed by atoms with E-state index in [1.807, 2.05) is 11.4 Å². The van der Waals surface area contributed by atoms with E-state index in [0.717, 1.165) is 28.6 Å². The summed E-state index contributed by atoms with van der Waals surface area (Å²) < 4.78 is 0. The van der Waals surface area contributed by atoms with E-state index in [9.17, 15) is 9.59 Å². The molecule has 0 aromatic carbocycles. The third-order valence-corrected chi connectivity index (χ3v) is 8.07. The minimum atomic E-state index is -0.789. The topological polar surface area (TPSA) is 137 Å². The van der Waals surface area contributed by atoms with E-state index in [4.69, 9.17) is 22.4 Å². The van der Waals surface area contributed by atoms with Gasteiger partial charge in [-0.3, -0.25) is 14.5 Å². The number of piperazine rings is 1. The number of aromatic nitrogens is 2. The van der Waals surface area contributed by atoms with Crippen molar-refractivity contribution in [2.75, 3.05) is 37.6 Å². The summed E-state index contributed by atoms with van der Waals surface area (Å²) in [6.45, 7) is 5.13. The molecule has 182 valence electrons. The third kappa shape index (κ3) is 5.81. The number of carboxylic acids is 1. The summed E-state index contributed by atoms with van der Waals surface area (Å²) in [6.07, 6.45) is 3.21. The number of nitrogens with one attached hydrogen (secondary N) is 2. The molecule has 2 aliphatic rings. The molecule has 0 radical (unpaired) electrons. The van der Waals surface area contributed by atoms with Crippen LogP contribution in [0.15, 0.2) is 28.7 Å². The van der Waals surface area contributed by atoms with Crippen LogP contribution >= 0.6 is 34.7 Å². The molecule has 0 aliphatic carbocycles. The summed E-state index contributed by atoms with van der Waals surface area (Å²) in [5.41, 5.74) is 6.63. The van der Waals surface area contributed by atoms with Crippen molar-refractivity contribution in [3.05, 3.63) is 44.3 Å². The molecular formula is C21H26ClN7O3S2. The monoisotopic (exact) mass is 523 g/mol. The number of halogens is 1. The number of thiophene rings is 1. The Kier molecular flexibility index (Phi) is 7.94. The van der Waals surface area contributed by atoms with E-state index in [0.29, 0.717) is 30.5 Å². The van der Waals surface area contributed by atoms with Crippen molar-refractivity contribution >= 4 is 58.1 Å². The number of hydrogen-bond donors (Lipinski definition) is 4. The molecule has 4 heterocycles. The molecule has 2 atom stereocenters. The van der Waals surface area contributed by atoms with Crippen molar-refractivity contribution < 1.29 is 14.7 Å². The van der Waals surface area contributed by atoms with Crippen molar-refractivity contribution in [1.29, 1.82) is 0 Å². The molecular weight excluding hydrogens is 498 g/mol. The number of aliphatic carboxylic acids is 1. The van der Waals surface area contributed by atoms with Crippen LogP contribution in [0.5, 0.6) is 0 Å². The lowest BCUT2D eigenvalue weighted by molar-refractivity contribution is -0.137. The zero-order chi connectivity index (χ0) is 24.2. The molecule has 1 saturated heterocycles. The minimum absolute atomic E-state index is 0.132. The Labute approximate surface area is 210 Å². The smallest absolute Gasteiger partial charge is 0.304 e. The maximum atomic E-state index is 12.7. The van der Waals surface area contributed by atoms with Gasteiger partial charge in [-0.15, -0.1) is 11.3 Å². The molecule has 0 bridgehead atoms. The molecule has 2 aromatic heterocycles. The lowest BCUT2D eigenvalue weighted by Crippen LogP contribution is -2.52. The molecule has 1 amide bonds. The number of anilines is 1. The SMILES string of the molecule is C[C@@H]1CN(c2cnc(C(=O)NC3NC(c4cc(Cl)cs4)=C(CN)S3)cn2)CCN1CCC(=O)O. The van der Waals surface area contributed by atoms with Gasteiger partial charge in [-0.05, 0) is 13.0 Å². The Morgan fingerprint density at radius 1 is 1.35 bits per heavy atom. The van der Waals surface area contributed by atoms with Crippen LogP contribution in [0.4, 0.5) is 5.82 Å². The van der Waals surface area contributed by atoms with Crippen LogP contribution in [0.2, 0.25) is 5.02 Å². The molecule has 5 N–H and O–H groups in total. The van der Waals surface area contributed by atoms with E-state index < -0.39 is 5.97 Å². The number of carboxylic acid groups (broad SMARTS) is 1. The molecule has 1 unspecified atom stereocenters. The Bertz CT molecular complexity index is 1080. The van der Waals surface area contributed by atoms with Crippen LogP contribution in [0.25, 0.3) is 5.70 Å². The van der Waals surface area contributed by atoms with Crippen LogP contribution in [-0.4, -0.2) is 76.1 Å². The molecule has 0 saturated carbocycles. The summed E-state index contributed by atoms with van der Waals surface area (Å²) >= 11 is 9.02. The van der Waals surface area contributed by atoms with Crippen LogP contribution < -0.4 is 21.3 Å². The van der Waals surface area contributed by atoms with Gasteiger partial charge < -0.3 is 26.4 Å². The lowest BCUT2D eigenvalue weighted by Gasteiger charge is -2.40. The number of amides is 1. The highest BCUT2D eigenvalue weighted by Crippen LogP contribution is 2.36. The van der Waals surface area contributed by atoms with Gasteiger partial charge >= 0.3 is 5.97 Å². The van der Waals surface area contributed by atoms with Gasteiger partial charge in [0, 0.05) is 49.1 Å². The van der Waals surface area contributed by atoms with Crippen molar-refractivity contribution in [2.45, 2.75) is 24.9 Å². The van der Waals surface area contributed by atoms with Crippen LogP contribution in [0.1, 0.15) is 28.7 Å². The maximum Gasteiger partial charge on any atom is 0.304 e. The van der Waals surface area contributed by atoms with E-state index >= 15 is 0 Å². The predicted molar refractivity (Wildman–Crippen MR) is 135 cm³/mol. The average molecular weight is 524 g/mol. The van der Waals surface area contributed by atoms with Gasteiger partial charge in [-0.25, -0.2) is 9.97 Å². The fourth-order valence-corrected chi connectivity index (χ4v) is 6.07. The molecule has 0 spiro atoms. The molecule has 2 aromatic rings. The number of carbonyl (C=O) groups excluding carboxylic acids is 1. The number of nitrogens with zero attached hydrogens (tertiary/aromatic N) is 4. The van der Waals surface area contributed by atoms with Crippen molar-refractivity contribution in [3.8, 4) is 0 Å². The van der Waals surface area contributed by atoms with Crippen molar-refractivity contribution in [1.82, 2.24) is 25.5 Å². The van der Waals surface area contributed by atoms with Crippen LogP contribution in [-0.2, 0) is 4.79 Å². The Morgan fingerprint density at radius 2 is 2.18 bits per heavy atom. The summed E-state index contributed by atoms with van der Waals surface area (Å²) in [5.74, 6) is -0.431. The first kappa shape index (κ1) is 24.7. The normalized spacial score (nSPS) is 21.0. The number of rotatable bonds is 8. The number of hydrogen-bond acceptors (Lipinski definition) is 10. The second-order valence-corrected chi connectivity index (χ2v) is 10.5.